The fourth-order valence-electron chi connectivity index (χ4n) is 1.71. The summed E-state index contributed by atoms with van der Waals surface area (Å²) in [6.45, 7) is 2.11. The van der Waals surface area contributed by atoms with Crippen molar-refractivity contribution in [3.05, 3.63) is 24.0 Å². The van der Waals surface area contributed by atoms with E-state index in [0.29, 0.717) is 5.82 Å². The molecule has 1 N–H and O–H groups in total. The minimum atomic E-state index is 0.663. The molecule has 0 bridgehead atoms. The van der Waals surface area contributed by atoms with Crippen LogP contribution in [-0.4, -0.2) is 29.4 Å². The lowest BCUT2D eigenvalue weighted by atomic mass is 10.2. The number of aryl methyl sites for hydroxylation is 1. The normalized spacial score (nSPS) is 10.4. The van der Waals surface area contributed by atoms with Crippen molar-refractivity contribution in [2.75, 3.05) is 14.2 Å². The number of ether oxygens (including phenoxy) is 2. The maximum absolute atomic E-state index is 5.23. The molecule has 0 saturated heterocycles. The topological polar surface area (TPSA) is 60.0 Å². The van der Waals surface area contributed by atoms with E-state index in [9.17, 15) is 0 Å². The van der Waals surface area contributed by atoms with E-state index in [2.05, 4.69) is 22.1 Å². The van der Waals surface area contributed by atoms with Crippen LogP contribution in [0.3, 0.4) is 0 Å². The molecule has 2 rings (SSSR count). The van der Waals surface area contributed by atoms with Crippen molar-refractivity contribution in [3.63, 3.8) is 0 Å². The molecule has 0 atom stereocenters. The van der Waals surface area contributed by atoms with Gasteiger partial charge in [-0.15, -0.1) is 0 Å². The van der Waals surface area contributed by atoms with Gasteiger partial charge in [-0.3, -0.25) is 5.10 Å². The second kappa shape index (κ2) is 5.53. The number of hydrogen-bond donors (Lipinski definition) is 1. The predicted molar refractivity (Wildman–Crippen MR) is 68.9 cm³/mol. The van der Waals surface area contributed by atoms with Crippen LogP contribution in [0.5, 0.6) is 11.5 Å². The number of nitrogens with one attached hydrogen (secondary N) is 1. The molecule has 0 fully saturated rings. The minimum Gasteiger partial charge on any atom is -0.497 e. The molecule has 0 saturated carbocycles. The molecule has 1 aromatic carbocycles. The highest BCUT2D eigenvalue weighted by molar-refractivity contribution is 5.60. The summed E-state index contributed by atoms with van der Waals surface area (Å²) in [6, 6.07) is 5.60. The number of aromatic amines is 1. The molecule has 0 radical (unpaired) electrons. The highest BCUT2D eigenvalue weighted by Crippen LogP contribution is 2.27. The third-order valence-electron chi connectivity index (χ3n) is 2.63. The van der Waals surface area contributed by atoms with E-state index in [-0.39, 0.29) is 0 Å². The molecule has 0 amide bonds. The van der Waals surface area contributed by atoms with Crippen molar-refractivity contribution < 1.29 is 9.47 Å². The van der Waals surface area contributed by atoms with Gasteiger partial charge in [-0.2, -0.15) is 5.10 Å². The summed E-state index contributed by atoms with van der Waals surface area (Å²) in [5.74, 6) is 3.02. The molecule has 0 aliphatic heterocycles. The standard InChI is InChI=1S/C13H17N3O2/c1-4-5-12-14-13(16-15-12)9-6-10(17-2)8-11(7-9)18-3/h6-8H,4-5H2,1-3H3,(H,14,15,16). The van der Waals surface area contributed by atoms with Crippen LogP contribution in [0.15, 0.2) is 18.2 Å². The van der Waals surface area contributed by atoms with Gasteiger partial charge < -0.3 is 9.47 Å². The maximum Gasteiger partial charge on any atom is 0.181 e. The van der Waals surface area contributed by atoms with E-state index >= 15 is 0 Å². The summed E-state index contributed by atoms with van der Waals surface area (Å²) in [6.07, 6.45) is 1.93. The fourth-order valence-corrected chi connectivity index (χ4v) is 1.71. The Bertz CT molecular complexity index is 500. The average molecular weight is 247 g/mol. The molecular weight excluding hydrogens is 230 g/mol. The molecule has 0 spiro atoms. The van der Waals surface area contributed by atoms with Crippen LogP contribution in [0.2, 0.25) is 0 Å². The summed E-state index contributed by atoms with van der Waals surface area (Å²) < 4.78 is 10.5. The van der Waals surface area contributed by atoms with Crippen LogP contribution in [-0.2, 0) is 6.42 Å². The van der Waals surface area contributed by atoms with Crippen molar-refractivity contribution in [2.45, 2.75) is 19.8 Å². The van der Waals surface area contributed by atoms with E-state index in [1.807, 2.05) is 18.2 Å². The Balaban J connectivity index is 2.35. The SMILES string of the molecule is CCCc1nc(-c2cc(OC)cc(OC)c2)n[nH]1. The lowest BCUT2D eigenvalue weighted by molar-refractivity contribution is 0.394. The monoisotopic (exact) mass is 247 g/mol. The van der Waals surface area contributed by atoms with E-state index in [4.69, 9.17) is 9.47 Å². The third-order valence-corrected chi connectivity index (χ3v) is 2.63. The van der Waals surface area contributed by atoms with Crippen LogP contribution in [0, 0.1) is 0 Å². The molecule has 5 heteroatoms. The summed E-state index contributed by atoms with van der Waals surface area (Å²) >= 11 is 0. The van der Waals surface area contributed by atoms with Crippen LogP contribution in [0.4, 0.5) is 0 Å². The molecule has 0 aliphatic rings. The Kier molecular flexibility index (Phi) is 3.82. The first-order chi connectivity index (χ1) is 8.76. The number of methoxy groups -OCH3 is 2. The highest BCUT2D eigenvalue weighted by Gasteiger charge is 2.09. The van der Waals surface area contributed by atoms with Gasteiger partial charge >= 0.3 is 0 Å². The molecule has 5 nitrogen and oxygen atoms in total. The summed E-state index contributed by atoms with van der Waals surface area (Å²) in [7, 11) is 3.25. The first kappa shape index (κ1) is 12.4. The number of benzene rings is 1. The van der Waals surface area contributed by atoms with Crippen molar-refractivity contribution in [1.29, 1.82) is 0 Å². The van der Waals surface area contributed by atoms with Gasteiger partial charge in [0.1, 0.15) is 17.3 Å². The average Bonchev–Trinajstić information content (AvgIpc) is 2.87. The second-order valence-electron chi connectivity index (χ2n) is 3.96. The molecule has 2 aromatic rings. The number of H-pyrrole nitrogens is 1. The maximum atomic E-state index is 5.23. The van der Waals surface area contributed by atoms with Crippen molar-refractivity contribution in [1.82, 2.24) is 15.2 Å². The Labute approximate surface area is 106 Å². The molecule has 1 heterocycles. The Hall–Kier alpha value is -2.04. The zero-order chi connectivity index (χ0) is 13.0. The van der Waals surface area contributed by atoms with Crippen molar-refractivity contribution in [2.24, 2.45) is 0 Å². The fraction of sp³-hybridized carbons (Fsp3) is 0.385. The van der Waals surface area contributed by atoms with E-state index in [1.54, 1.807) is 14.2 Å². The van der Waals surface area contributed by atoms with Gasteiger partial charge in [0.15, 0.2) is 5.82 Å². The number of nitrogens with zero attached hydrogens (tertiary/aromatic N) is 2. The van der Waals surface area contributed by atoms with Gasteiger partial charge in [0.05, 0.1) is 14.2 Å². The number of rotatable bonds is 5. The molecule has 0 unspecified atom stereocenters. The Morgan fingerprint density at radius 2 is 1.78 bits per heavy atom. The van der Waals surface area contributed by atoms with Crippen LogP contribution >= 0.6 is 0 Å². The lowest BCUT2D eigenvalue weighted by Gasteiger charge is -2.05. The minimum absolute atomic E-state index is 0.663. The molecular formula is C13H17N3O2. The summed E-state index contributed by atoms with van der Waals surface area (Å²) in [5, 5.41) is 7.15. The van der Waals surface area contributed by atoms with Crippen molar-refractivity contribution >= 4 is 0 Å². The summed E-state index contributed by atoms with van der Waals surface area (Å²) in [4.78, 5) is 4.44. The van der Waals surface area contributed by atoms with Gasteiger partial charge in [0, 0.05) is 18.1 Å². The van der Waals surface area contributed by atoms with Crippen LogP contribution < -0.4 is 9.47 Å². The number of aromatic nitrogens is 3. The predicted octanol–water partition coefficient (Wildman–Crippen LogP) is 2.44. The van der Waals surface area contributed by atoms with E-state index in [1.165, 1.54) is 0 Å². The van der Waals surface area contributed by atoms with Gasteiger partial charge in [0.2, 0.25) is 0 Å². The zero-order valence-electron chi connectivity index (χ0n) is 10.9. The van der Waals surface area contributed by atoms with Crippen LogP contribution in [0.1, 0.15) is 19.2 Å². The van der Waals surface area contributed by atoms with Crippen molar-refractivity contribution in [3.8, 4) is 22.9 Å². The Morgan fingerprint density at radius 3 is 2.33 bits per heavy atom. The quantitative estimate of drug-likeness (QED) is 0.881. The highest BCUT2D eigenvalue weighted by atomic mass is 16.5. The smallest absolute Gasteiger partial charge is 0.181 e. The molecule has 96 valence electrons. The molecule has 0 aliphatic carbocycles. The summed E-state index contributed by atoms with van der Waals surface area (Å²) in [5.41, 5.74) is 0.879. The van der Waals surface area contributed by atoms with E-state index < -0.39 is 0 Å². The molecule has 1 aromatic heterocycles. The Morgan fingerprint density at radius 1 is 1.11 bits per heavy atom. The van der Waals surface area contributed by atoms with E-state index in [0.717, 1.165) is 35.7 Å². The van der Waals surface area contributed by atoms with Gasteiger partial charge in [-0.25, -0.2) is 4.98 Å². The first-order valence-electron chi connectivity index (χ1n) is 5.91. The van der Waals surface area contributed by atoms with Gasteiger partial charge in [-0.1, -0.05) is 6.92 Å². The second-order valence-corrected chi connectivity index (χ2v) is 3.96. The number of hydrogen-bond acceptors (Lipinski definition) is 4. The van der Waals surface area contributed by atoms with Crippen LogP contribution in [0.25, 0.3) is 11.4 Å². The van der Waals surface area contributed by atoms with Gasteiger partial charge in [0.25, 0.3) is 0 Å². The third kappa shape index (κ3) is 2.61. The first-order valence-corrected chi connectivity index (χ1v) is 5.91. The zero-order valence-corrected chi connectivity index (χ0v) is 10.9. The largest absolute Gasteiger partial charge is 0.497 e. The van der Waals surface area contributed by atoms with Gasteiger partial charge in [-0.05, 0) is 18.6 Å². The molecule has 18 heavy (non-hydrogen) atoms. The lowest BCUT2D eigenvalue weighted by Crippen LogP contribution is -1.90.